The largest absolute Gasteiger partial charge is 0.459 e. The second-order valence-electron chi connectivity index (χ2n) is 4.13. The molecular weight excluding hydrogens is 258 g/mol. The SMILES string of the molecule is O=C(NNC(=O)c1c[nH]c2ccccc12)c1ccco1. The van der Waals surface area contributed by atoms with Crippen LogP contribution in [0.2, 0.25) is 0 Å². The van der Waals surface area contributed by atoms with Gasteiger partial charge in [-0.05, 0) is 18.2 Å². The predicted molar refractivity (Wildman–Crippen MR) is 71.9 cm³/mol. The van der Waals surface area contributed by atoms with E-state index < -0.39 is 11.8 Å². The lowest BCUT2D eigenvalue weighted by molar-refractivity contribution is 0.0831. The quantitative estimate of drug-likeness (QED) is 0.620. The van der Waals surface area contributed by atoms with E-state index in [2.05, 4.69) is 15.8 Å². The number of benzene rings is 1. The molecule has 100 valence electrons. The van der Waals surface area contributed by atoms with E-state index in [9.17, 15) is 9.59 Å². The molecule has 2 heterocycles. The van der Waals surface area contributed by atoms with Crippen molar-refractivity contribution in [1.82, 2.24) is 15.8 Å². The number of rotatable bonds is 2. The molecule has 1 aromatic carbocycles. The molecule has 0 saturated carbocycles. The Morgan fingerprint density at radius 2 is 1.80 bits per heavy atom. The van der Waals surface area contributed by atoms with Crippen LogP contribution in [0.1, 0.15) is 20.9 Å². The minimum Gasteiger partial charge on any atom is -0.459 e. The van der Waals surface area contributed by atoms with E-state index in [0.717, 1.165) is 10.9 Å². The number of carbonyl (C=O) groups is 2. The Hall–Kier alpha value is -3.02. The molecule has 0 aliphatic heterocycles. The van der Waals surface area contributed by atoms with Gasteiger partial charge >= 0.3 is 5.91 Å². The van der Waals surface area contributed by atoms with Gasteiger partial charge in [-0.1, -0.05) is 18.2 Å². The Morgan fingerprint density at radius 1 is 1.00 bits per heavy atom. The second kappa shape index (κ2) is 4.93. The van der Waals surface area contributed by atoms with Gasteiger partial charge in [0.05, 0.1) is 11.8 Å². The third-order valence-corrected chi connectivity index (χ3v) is 2.87. The van der Waals surface area contributed by atoms with Crippen LogP contribution in [-0.4, -0.2) is 16.8 Å². The minimum absolute atomic E-state index is 0.129. The first-order chi connectivity index (χ1) is 9.75. The third kappa shape index (κ3) is 2.14. The summed E-state index contributed by atoms with van der Waals surface area (Å²) in [6, 6.07) is 10.5. The van der Waals surface area contributed by atoms with Gasteiger partial charge in [0.1, 0.15) is 0 Å². The van der Waals surface area contributed by atoms with Gasteiger partial charge in [0, 0.05) is 17.1 Å². The summed E-state index contributed by atoms with van der Waals surface area (Å²) in [5, 5.41) is 0.789. The topological polar surface area (TPSA) is 87.1 Å². The van der Waals surface area contributed by atoms with E-state index >= 15 is 0 Å². The maximum Gasteiger partial charge on any atom is 0.305 e. The molecule has 6 heteroatoms. The standard InChI is InChI=1S/C14H11N3O3/c18-13(16-17-14(19)12-6-3-7-20-12)10-8-15-11-5-2-1-4-9(10)11/h1-8,15H,(H,16,18)(H,17,19). The normalized spacial score (nSPS) is 10.4. The molecule has 0 radical (unpaired) electrons. The number of para-hydroxylation sites is 1. The maximum absolute atomic E-state index is 12.0. The van der Waals surface area contributed by atoms with Crippen LogP contribution in [0.5, 0.6) is 0 Å². The second-order valence-corrected chi connectivity index (χ2v) is 4.13. The first kappa shape index (κ1) is 12.0. The number of aromatic amines is 1. The minimum atomic E-state index is -0.511. The average molecular weight is 269 g/mol. The van der Waals surface area contributed by atoms with Crippen molar-refractivity contribution >= 4 is 22.7 Å². The molecule has 20 heavy (non-hydrogen) atoms. The zero-order valence-corrected chi connectivity index (χ0v) is 10.3. The summed E-state index contributed by atoms with van der Waals surface area (Å²) in [5.41, 5.74) is 5.95. The van der Waals surface area contributed by atoms with Crippen molar-refractivity contribution in [3.05, 3.63) is 60.2 Å². The molecule has 0 spiro atoms. The molecule has 0 aliphatic rings. The highest BCUT2D eigenvalue weighted by atomic mass is 16.3. The Bertz CT molecular complexity index is 759. The number of hydrogen-bond acceptors (Lipinski definition) is 3. The lowest BCUT2D eigenvalue weighted by atomic mass is 10.2. The van der Waals surface area contributed by atoms with Crippen molar-refractivity contribution in [3.63, 3.8) is 0 Å². The summed E-state index contributed by atoms with van der Waals surface area (Å²) in [7, 11) is 0. The van der Waals surface area contributed by atoms with Crippen LogP contribution in [0.4, 0.5) is 0 Å². The fourth-order valence-corrected chi connectivity index (χ4v) is 1.91. The Morgan fingerprint density at radius 3 is 2.60 bits per heavy atom. The molecule has 0 fully saturated rings. The molecule has 0 bridgehead atoms. The Kier molecular flexibility index (Phi) is 2.96. The van der Waals surface area contributed by atoms with E-state index in [1.807, 2.05) is 24.3 Å². The molecule has 0 atom stereocenters. The van der Waals surface area contributed by atoms with Crippen LogP contribution in [0.15, 0.2) is 53.3 Å². The van der Waals surface area contributed by atoms with Gasteiger partial charge in [-0.2, -0.15) is 0 Å². The molecule has 2 amide bonds. The van der Waals surface area contributed by atoms with Crippen molar-refractivity contribution in [2.24, 2.45) is 0 Å². The molecule has 0 saturated heterocycles. The highest BCUT2D eigenvalue weighted by Crippen LogP contribution is 2.17. The van der Waals surface area contributed by atoms with Crippen molar-refractivity contribution in [2.75, 3.05) is 0 Å². The predicted octanol–water partition coefficient (Wildman–Crippen LogP) is 1.84. The maximum atomic E-state index is 12.0. The van der Waals surface area contributed by atoms with Gasteiger partial charge in [0.15, 0.2) is 5.76 Å². The molecule has 0 aliphatic carbocycles. The van der Waals surface area contributed by atoms with Gasteiger partial charge in [0.2, 0.25) is 0 Å². The summed E-state index contributed by atoms with van der Waals surface area (Å²) in [4.78, 5) is 26.6. The number of amides is 2. The molecular formula is C14H11N3O3. The van der Waals surface area contributed by atoms with Gasteiger partial charge in [-0.25, -0.2) is 0 Å². The zero-order valence-electron chi connectivity index (χ0n) is 10.3. The van der Waals surface area contributed by atoms with E-state index in [-0.39, 0.29) is 5.76 Å². The van der Waals surface area contributed by atoms with Crippen LogP contribution in [0.25, 0.3) is 10.9 Å². The number of H-pyrrole nitrogens is 1. The highest BCUT2D eigenvalue weighted by molar-refractivity contribution is 6.07. The first-order valence-electron chi connectivity index (χ1n) is 5.96. The average Bonchev–Trinajstić information content (AvgIpc) is 3.13. The Balaban J connectivity index is 1.72. The third-order valence-electron chi connectivity index (χ3n) is 2.87. The van der Waals surface area contributed by atoms with Crippen LogP contribution in [0.3, 0.4) is 0 Å². The summed E-state index contributed by atoms with van der Waals surface area (Å²) < 4.78 is 4.92. The molecule has 3 N–H and O–H groups in total. The summed E-state index contributed by atoms with van der Waals surface area (Å²) in [6.45, 7) is 0. The van der Waals surface area contributed by atoms with Crippen LogP contribution in [-0.2, 0) is 0 Å². The number of furan rings is 1. The Labute approximate surface area is 113 Å². The van der Waals surface area contributed by atoms with Crippen LogP contribution in [0, 0.1) is 0 Å². The monoisotopic (exact) mass is 269 g/mol. The smallest absolute Gasteiger partial charge is 0.305 e. The fourth-order valence-electron chi connectivity index (χ4n) is 1.91. The molecule has 6 nitrogen and oxygen atoms in total. The number of aromatic nitrogens is 1. The van der Waals surface area contributed by atoms with Crippen molar-refractivity contribution in [3.8, 4) is 0 Å². The van der Waals surface area contributed by atoms with Gasteiger partial charge in [-0.15, -0.1) is 0 Å². The highest BCUT2D eigenvalue weighted by Gasteiger charge is 2.13. The van der Waals surface area contributed by atoms with Gasteiger partial charge in [0.25, 0.3) is 5.91 Å². The lowest BCUT2D eigenvalue weighted by Gasteiger charge is -2.04. The van der Waals surface area contributed by atoms with Crippen LogP contribution >= 0.6 is 0 Å². The van der Waals surface area contributed by atoms with E-state index in [1.165, 1.54) is 12.3 Å². The van der Waals surface area contributed by atoms with Crippen molar-refractivity contribution in [1.29, 1.82) is 0 Å². The summed E-state index contributed by atoms with van der Waals surface area (Å²) >= 11 is 0. The number of fused-ring (bicyclic) bond motifs is 1. The van der Waals surface area contributed by atoms with Crippen molar-refractivity contribution in [2.45, 2.75) is 0 Å². The van der Waals surface area contributed by atoms with E-state index in [4.69, 9.17) is 4.42 Å². The summed E-state index contributed by atoms with van der Waals surface area (Å²) in [6.07, 6.45) is 2.98. The van der Waals surface area contributed by atoms with E-state index in [1.54, 1.807) is 12.3 Å². The van der Waals surface area contributed by atoms with E-state index in [0.29, 0.717) is 5.56 Å². The zero-order chi connectivity index (χ0) is 13.9. The lowest BCUT2D eigenvalue weighted by Crippen LogP contribution is -2.41. The number of hydrazine groups is 1. The van der Waals surface area contributed by atoms with Gasteiger partial charge in [-0.3, -0.25) is 20.4 Å². The number of carbonyl (C=O) groups excluding carboxylic acids is 2. The van der Waals surface area contributed by atoms with Crippen molar-refractivity contribution < 1.29 is 14.0 Å². The number of nitrogens with one attached hydrogen (secondary N) is 3. The molecule has 0 unspecified atom stereocenters. The van der Waals surface area contributed by atoms with Crippen LogP contribution < -0.4 is 10.9 Å². The molecule has 2 aromatic heterocycles. The summed E-state index contributed by atoms with van der Waals surface area (Å²) in [5.74, 6) is -0.783. The number of hydrogen-bond donors (Lipinski definition) is 3. The molecule has 3 rings (SSSR count). The van der Waals surface area contributed by atoms with Gasteiger partial charge < -0.3 is 9.40 Å². The fraction of sp³-hybridized carbons (Fsp3) is 0. The molecule has 3 aromatic rings. The first-order valence-corrected chi connectivity index (χ1v) is 5.96.